The molecule has 1 aromatic heterocycles. The van der Waals surface area contributed by atoms with E-state index in [1.165, 1.54) is 5.56 Å². The van der Waals surface area contributed by atoms with Crippen LogP contribution in [-0.2, 0) is 11.3 Å². The fraction of sp³-hybridized carbons (Fsp3) is 0.379. The van der Waals surface area contributed by atoms with Crippen molar-refractivity contribution in [1.82, 2.24) is 9.97 Å². The highest BCUT2D eigenvalue weighted by atomic mass is 16.5. The van der Waals surface area contributed by atoms with Gasteiger partial charge in [-0.15, -0.1) is 0 Å². The molecule has 1 amide bonds. The Kier molecular flexibility index (Phi) is 7.44. The Morgan fingerprint density at radius 3 is 2.47 bits per heavy atom. The Bertz CT molecular complexity index is 1290. The van der Waals surface area contributed by atoms with Gasteiger partial charge in [-0.3, -0.25) is 9.59 Å². The molecular formula is C29H33N5O4. The predicted octanol–water partition coefficient (Wildman–Crippen LogP) is 4.48. The third-order valence-corrected chi connectivity index (χ3v) is 7.49. The first kappa shape index (κ1) is 25.5. The van der Waals surface area contributed by atoms with E-state index in [2.05, 4.69) is 22.1 Å². The summed E-state index contributed by atoms with van der Waals surface area (Å²) in [6.45, 7) is 1.24. The van der Waals surface area contributed by atoms with Crippen LogP contribution in [0.3, 0.4) is 0 Å². The number of aliphatic carboxylic acids is 1. The summed E-state index contributed by atoms with van der Waals surface area (Å²) in [6, 6.07) is 18.0. The molecule has 9 nitrogen and oxygen atoms in total. The van der Waals surface area contributed by atoms with E-state index in [1.54, 1.807) is 4.90 Å². The van der Waals surface area contributed by atoms with Crippen molar-refractivity contribution in [2.24, 2.45) is 5.92 Å². The number of benzene rings is 2. The second-order valence-electron chi connectivity index (χ2n) is 10.1. The number of fused-ring (bicyclic) bond motifs is 1. The molecule has 2 heterocycles. The molecule has 3 N–H and O–H groups in total. The third-order valence-electron chi connectivity index (χ3n) is 7.49. The molecule has 1 saturated carbocycles. The first-order valence-electron chi connectivity index (χ1n) is 13.1. The molecule has 0 atom stereocenters. The molecule has 0 spiro atoms. The number of nitrogen functional groups attached to an aromatic ring is 1. The molecule has 2 aromatic carbocycles. The second-order valence-corrected chi connectivity index (χ2v) is 10.1. The lowest BCUT2D eigenvalue weighted by Crippen LogP contribution is -2.33. The minimum absolute atomic E-state index is 0.0940. The number of carbonyl (C=O) groups excluding carboxylic acids is 1. The topological polar surface area (TPSA) is 122 Å². The summed E-state index contributed by atoms with van der Waals surface area (Å²) >= 11 is 0. The molecule has 1 aliphatic heterocycles. The van der Waals surface area contributed by atoms with Crippen molar-refractivity contribution in [1.29, 1.82) is 0 Å². The fourth-order valence-electron chi connectivity index (χ4n) is 5.44. The predicted molar refractivity (Wildman–Crippen MR) is 146 cm³/mol. The number of carbonyl (C=O) groups is 2. The number of ether oxygens (including phenoxy) is 1. The number of amides is 1. The Balaban J connectivity index is 1.30. The molecule has 0 radical (unpaired) electrons. The number of nitrogens with zero attached hydrogens (tertiary/aromatic N) is 4. The Morgan fingerprint density at radius 1 is 1.08 bits per heavy atom. The van der Waals surface area contributed by atoms with E-state index < -0.39 is 5.97 Å². The summed E-state index contributed by atoms with van der Waals surface area (Å²) < 4.78 is 5.89. The van der Waals surface area contributed by atoms with E-state index in [-0.39, 0.29) is 42.1 Å². The maximum absolute atomic E-state index is 13.6. The second kappa shape index (κ2) is 11.1. The van der Waals surface area contributed by atoms with Crippen molar-refractivity contribution in [2.45, 2.75) is 44.6 Å². The van der Waals surface area contributed by atoms with Gasteiger partial charge in [0.15, 0.2) is 0 Å². The molecular weight excluding hydrogens is 482 g/mol. The summed E-state index contributed by atoms with van der Waals surface area (Å²) in [7, 11) is 1.87. The minimum Gasteiger partial charge on any atom is -0.481 e. The van der Waals surface area contributed by atoms with Crippen LogP contribution in [0.2, 0.25) is 0 Å². The van der Waals surface area contributed by atoms with Gasteiger partial charge in [0.2, 0.25) is 11.8 Å². The van der Waals surface area contributed by atoms with E-state index in [1.807, 2.05) is 54.4 Å². The number of hydrogen-bond donors (Lipinski definition) is 2. The van der Waals surface area contributed by atoms with Crippen molar-refractivity contribution in [2.75, 3.05) is 35.7 Å². The summed E-state index contributed by atoms with van der Waals surface area (Å²) in [5.74, 6) is 0.374. The molecule has 38 heavy (non-hydrogen) atoms. The first-order chi connectivity index (χ1) is 18.4. The minimum atomic E-state index is -0.716. The molecule has 1 aliphatic carbocycles. The highest BCUT2D eigenvalue weighted by molar-refractivity contribution is 6.10. The van der Waals surface area contributed by atoms with Crippen LogP contribution in [0.15, 0.2) is 54.6 Å². The van der Waals surface area contributed by atoms with Gasteiger partial charge in [-0.2, -0.15) is 9.97 Å². The van der Waals surface area contributed by atoms with Crippen LogP contribution >= 0.6 is 0 Å². The Labute approximate surface area is 222 Å². The zero-order valence-corrected chi connectivity index (χ0v) is 21.5. The monoisotopic (exact) mass is 515 g/mol. The molecule has 3 aromatic rings. The molecule has 1 fully saturated rings. The van der Waals surface area contributed by atoms with Crippen LogP contribution in [0.25, 0.3) is 0 Å². The number of carboxylic acids is 1. The van der Waals surface area contributed by atoms with Gasteiger partial charge in [-0.05, 0) is 60.8 Å². The fourth-order valence-corrected chi connectivity index (χ4v) is 5.44. The van der Waals surface area contributed by atoms with Gasteiger partial charge < -0.3 is 25.4 Å². The summed E-state index contributed by atoms with van der Waals surface area (Å²) in [6.07, 6.45) is 4.08. The number of nitrogens with two attached hydrogens (primary N) is 1. The van der Waals surface area contributed by atoms with Crippen molar-refractivity contribution in [3.8, 4) is 5.88 Å². The third kappa shape index (κ3) is 5.56. The molecule has 0 bridgehead atoms. The number of aromatic nitrogens is 2. The van der Waals surface area contributed by atoms with Crippen LogP contribution < -0.4 is 20.3 Å². The van der Waals surface area contributed by atoms with E-state index >= 15 is 0 Å². The van der Waals surface area contributed by atoms with Gasteiger partial charge in [0.05, 0.1) is 6.54 Å². The van der Waals surface area contributed by atoms with Crippen molar-refractivity contribution < 1.29 is 19.4 Å². The molecule has 5 rings (SSSR count). The number of carboxylic acid groups (broad SMARTS) is 1. The van der Waals surface area contributed by atoms with Gasteiger partial charge >= 0.3 is 5.97 Å². The SMILES string of the molecule is CN(Cc1ccccc1)c1nc(N)c2c(n1)OCCN(c1ccc([C@H]3CC[C@H](CC(=O)O)CC3)cc1)C2=O. The van der Waals surface area contributed by atoms with Crippen molar-refractivity contribution in [3.63, 3.8) is 0 Å². The summed E-state index contributed by atoms with van der Waals surface area (Å²) in [5.41, 5.74) is 9.56. The molecule has 198 valence electrons. The average Bonchev–Trinajstić information content (AvgIpc) is 3.08. The maximum Gasteiger partial charge on any atom is 0.303 e. The average molecular weight is 516 g/mol. The van der Waals surface area contributed by atoms with E-state index in [0.717, 1.165) is 36.9 Å². The van der Waals surface area contributed by atoms with Crippen LogP contribution in [0.1, 0.15) is 59.5 Å². The van der Waals surface area contributed by atoms with Crippen LogP contribution in [0, 0.1) is 5.92 Å². The summed E-state index contributed by atoms with van der Waals surface area (Å²) in [4.78, 5) is 37.1. The van der Waals surface area contributed by atoms with Gasteiger partial charge in [0.1, 0.15) is 18.0 Å². The summed E-state index contributed by atoms with van der Waals surface area (Å²) in [5, 5.41) is 9.06. The lowest BCUT2D eigenvalue weighted by molar-refractivity contribution is -0.138. The molecule has 9 heteroatoms. The van der Waals surface area contributed by atoms with Crippen LogP contribution in [0.5, 0.6) is 5.88 Å². The van der Waals surface area contributed by atoms with Crippen LogP contribution in [-0.4, -0.2) is 47.2 Å². The van der Waals surface area contributed by atoms with E-state index in [4.69, 9.17) is 15.6 Å². The number of anilines is 3. The van der Waals surface area contributed by atoms with E-state index in [0.29, 0.717) is 25.0 Å². The first-order valence-corrected chi connectivity index (χ1v) is 13.1. The largest absolute Gasteiger partial charge is 0.481 e. The van der Waals surface area contributed by atoms with Gasteiger partial charge in [0.25, 0.3) is 5.91 Å². The molecule has 0 unspecified atom stereocenters. The zero-order chi connectivity index (χ0) is 26.6. The zero-order valence-electron chi connectivity index (χ0n) is 21.5. The maximum atomic E-state index is 13.6. The lowest BCUT2D eigenvalue weighted by Gasteiger charge is -2.28. The number of rotatable bonds is 7. The Morgan fingerprint density at radius 2 is 1.79 bits per heavy atom. The number of hydrogen-bond acceptors (Lipinski definition) is 7. The van der Waals surface area contributed by atoms with Gasteiger partial charge in [-0.25, -0.2) is 0 Å². The smallest absolute Gasteiger partial charge is 0.303 e. The highest BCUT2D eigenvalue weighted by Gasteiger charge is 2.31. The standard InChI is InChI=1S/C29H33N5O4/c1-33(18-20-5-3-2-4-6-20)29-31-26(30)25-27(32-29)38-16-15-34(28(25)37)23-13-11-22(12-14-23)21-9-7-19(8-10-21)17-24(35)36/h2-6,11-14,19,21H,7-10,15-18H2,1H3,(H,35,36)(H2,30,31,32)/t19-,21-. The van der Waals surface area contributed by atoms with Crippen molar-refractivity contribution >= 4 is 29.3 Å². The Hall–Kier alpha value is -4.14. The quantitative estimate of drug-likeness (QED) is 0.472. The molecule has 0 saturated heterocycles. The van der Waals surface area contributed by atoms with Gasteiger partial charge in [0, 0.05) is 25.7 Å². The van der Waals surface area contributed by atoms with Gasteiger partial charge in [-0.1, -0.05) is 42.5 Å². The normalized spacial score (nSPS) is 19.3. The van der Waals surface area contributed by atoms with Crippen molar-refractivity contribution in [3.05, 3.63) is 71.3 Å². The highest BCUT2D eigenvalue weighted by Crippen LogP contribution is 2.38. The van der Waals surface area contributed by atoms with Crippen LogP contribution in [0.4, 0.5) is 17.5 Å². The molecule has 2 aliphatic rings. The van der Waals surface area contributed by atoms with E-state index in [9.17, 15) is 9.59 Å². The lowest BCUT2D eigenvalue weighted by atomic mass is 9.77.